The first-order valence-corrected chi connectivity index (χ1v) is 5.30. The Labute approximate surface area is 84.7 Å². The highest BCUT2D eigenvalue weighted by Crippen LogP contribution is 2.47. The number of nitriles is 1. The molecular weight excluding hydrogens is 176 g/mol. The minimum atomic E-state index is -0.621. The van der Waals surface area contributed by atoms with E-state index in [1.165, 1.54) is 0 Å². The molecule has 0 spiro atoms. The molecule has 1 aliphatic carbocycles. The van der Waals surface area contributed by atoms with Crippen LogP contribution in [0.3, 0.4) is 0 Å². The number of nitrogens with zero attached hydrogens (tertiary/aromatic N) is 2. The van der Waals surface area contributed by atoms with Crippen molar-refractivity contribution in [3.05, 3.63) is 0 Å². The Morgan fingerprint density at radius 1 is 1.36 bits per heavy atom. The number of amides is 1. The average Bonchev–Trinajstić information content (AvgIpc) is 2.90. The molecule has 2 atom stereocenters. The first kappa shape index (κ1) is 9.51. The van der Waals surface area contributed by atoms with Gasteiger partial charge in [0.05, 0.1) is 6.07 Å². The van der Waals surface area contributed by atoms with Gasteiger partial charge in [0.2, 0.25) is 5.91 Å². The van der Waals surface area contributed by atoms with Gasteiger partial charge in [-0.2, -0.15) is 5.26 Å². The highest BCUT2D eigenvalue weighted by Gasteiger charge is 2.53. The molecule has 0 aromatic heterocycles. The third-order valence-electron chi connectivity index (χ3n) is 3.65. The standard InChI is InChI=1S/C11H16N2O/c1-8-5-13(6-9(8)2)10(14)11(7-12)3-4-11/h8-9H,3-6H2,1-2H3/t8-,9+. The maximum atomic E-state index is 12.0. The first-order valence-electron chi connectivity index (χ1n) is 5.30. The topological polar surface area (TPSA) is 44.1 Å². The summed E-state index contributed by atoms with van der Waals surface area (Å²) in [6, 6.07) is 2.17. The molecule has 0 bridgehead atoms. The Morgan fingerprint density at radius 3 is 2.21 bits per heavy atom. The van der Waals surface area contributed by atoms with E-state index >= 15 is 0 Å². The summed E-state index contributed by atoms with van der Waals surface area (Å²) in [4.78, 5) is 13.8. The van der Waals surface area contributed by atoms with Crippen molar-refractivity contribution in [1.29, 1.82) is 5.26 Å². The first-order chi connectivity index (χ1) is 6.59. The second kappa shape index (κ2) is 2.98. The molecule has 14 heavy (non-hydrogen) atoms. The lowest BCUT2D eigenvalue weighted by Crippen LogP contribution is -2.35. The largest absolute Gasteiger partial charge is 0.341 e. The number of likely N-dealkylation sites (tertiary alicyclic amines) is 1. The van der Waals surface area contributed by atoms with Crippen molar-refractivity contribution >= 4 is 5.91 Å². The summed E-state index contributed by atoms with van der Waals surface area (Å²) in [6.07, 6.45) is 1.53. The molecule has 1 aliphatic heterocycles. The minimum absolute atomic E-state index is 0.0798. The van der Waals surface area contributed by atoms with Crippen LogP contribution in [0.2, 0.25) is 0 Å². The SMILES string of the molecule is C[C@@H]1CN(C(=O)C2(C#N)CC2)C[C@@H]1C. The van der Waals surface area contributed by atoms with Crippen LogP contribution in [0.5, 0.6) is 0 Å². The maximum Gasteiger partial charge on any atom is 0.243 e. The summed E-state index contributed by atoms with van der Waals surface area (Å²) in [7, 11) is 0. The quantitative estimate of drug-likeness (QED) is 0.630. The molecular formula is C11H16N2O. The van der Waals surface area contributed by atoms with E-state index in [-0.39, 0.29) is 5.91 Å². The van der Waals surface area contributed by atoms with Gasteiger partial charge in [-0.15, -0.1) is 0 Å². The molecule has 2 rings (SSSR count). The second-order valence-corrected chi connectivity index (χ2v) is 4.86. The van der Waals surface area contributed by atoms with Crippen LogP contribution in [0.1, 0.15) is 26.7 Å². The van der Waals surface area contributed by atoms with Gasteiger partial charge in [-0.25, -0.2) is 0 Å². The van der Waals surface area contributed by atoms with E-state index in [9.17, 15) is 4.79 Å². The summed E-state index contributed by atoms with van der Waals surface area (Å²) in [5, 5.41) is 8.92. The van der Waals surface area contributed by atoms with Crippen molar-refractivity contribution in [3.63, 3.8) is 0 Å². The molecule has 1 saturated heterocycles. The lowest BCUT2D eigenvalue weighted by molar-refractivity contribution is -0.134. The van der Waals surface area contributed by atoms with Gasteiger partial charge in [-0.1, -0.05) is 13.8 Å². The molecule has 76 valence electrons. The van der Waals surface area contributed by atoms with Crippen molar-refractivity contribution in [2.45, 2.75) is 26.7 Å². The molecule has 1 amide bonds. The smallest absolute Gasteiger partial charge is 0.243 e. The highest BCUT2D eigenvalue weighted by atomic mass is 16.2. The molecule has 0 aromatic carbocycles. The lowest BCUT2D eigenvalue weighted by atomic mass is 10.0. The van der Waals surface area contributed by atoms with E-state index in [1.54, 1.807) is 0 Å². The van der Waals surface area contributed by atoms with Gasteiger partial charge in [-0.3, -0.25) is 4.79 Å². The fraction of sp³-hybridized carbons (Fsp3) is 0.818. The Kier molecular flexibility index (Phi) is 2.02. The Balaban J connectivity index is 2.05. The van der Waals surface area contributed by atoms with E-state index in [1.807, 2.05) is 4.90 Å². The van der Waals surface area contributed by atoms with Gasteiger partial charge in [0.25, 0.3) is 0 Å². The summed E-state index contributed by atoms with van der Waals surface area (Å²) < 4.78 is 0. The molecule has 2 fully saturated rings. The lowest BCUT2D eigenvalue weighted by Gasteiger charge is -2.18. The van der Waals surface area contributed by atoms with Crippen LogP contribution < -0.4 is 0 Å². The Morgan fingerprint density at radius 2 is 1.86 bits per heavy atom. The number of hydrogen-bond acceptors (Lipinski definition) is 2. The molecule has 3 heteroatoms. The van der Waals surface area contributed by atoms with Crippen LogP contribution in [0, 0.1) is 28.6 Å². The summed E-state index contributed by atoms with van der Waals surface area (Å²) in [6.45, 7) is 6.01. The van der Waals surface area contributed by atoms with E-state index in [2.05, 4.69) is 19.9 Å². The maximum absolute atomic E-state index is 12.0. The predicted octanol–water partition coefficient (Wildman–Crippen LogP) is 1.40. The minimum Gasteiger partial charge on any atom is -0.341 e. The van der Waals surface area contributed by atoms with Crippen LogP contribution in [0.15, 0.2) is 0 Å². The molecule has 2 aliphatic rings. The monoisotopic (exact) mass is 192 g/mol. The normalized spacial score (nSPS) is 33.9. The zero-order chi connectivity index (χ0) is 10.3. The van der Waals surface area contributed by atoms with Crippen LogP contribution >= 0.6 is 0 Å². The fourth-order valence-corrected chi connectivity index (χ4v) is 2.10. The number of carbonyl (C=O) groups is 1. The van der Waals surface area contributed by atoms with Gasteiger partial charge in [0.1, 0.15) is 5.41 Å². The molecule has 0 aromatic rings. The van der Waals surface area contributed by atoms with Gasteiger partial charge in [0, 0.05) is 13.1 Å². The Hall–Kier alpha value is -1.04. The van der Waals surface area contributed by atoms with Gasteiger partial charge in [0.15, 0.2) is 0 Å². The van der Waals surface area contributed by atoms with Crippen molar-refractivity contribution in [2.75, 3.05) is 13.1 Å². The number of rotatable bonds is 1. The number of carbonyl (C=O) groups excluding carboxylic acids is 1. The average molecular weight is 192 g/mol. The molecule has 0 unspecified atom stereocenters. The molecule has 1 heterocycles. The van der Waals surface area contributed by atoms with Crippen LogP contribution in [0.25, 0.3) is 0 Å². The number of hydrogen-bond donors (Lipinski definition) is 0. The van der Waals surface area contributed by atoms with Crippen LogP contribution in [-0.4, -0.2) is 23.9 Å². The zero-order valence-electron chi connectivity index (χ0n) is 8.79. The zero-order valence-corrected chi connectivity index (χ0v) is 8.79. The third kappa shape index (κ3) is 1.30. The Bertz CT molecular complexity index is 291. The van der Waals surface area contributed by atoms with Crippen molar-refractivity contribution in [3.8, 4) is 6.07 Å². The van der Waals surface area contributed by atoms with Crippen molar-refractivity contribution < 1.29 is 4.79 Å². The van der Waals surface area contributed by atoms with E-state index in [0.717, 1.165) is 25.9 Å². The van der Waals surface area contributed by atoms with Crippen molar-refractivity contribution in [2.24, 2.45) is 17.3 Å². The molecule has 0 radical (unpaired) electrons. The summed E-state index contributed by atoms with van der Waals surface area (Å²) in [5.41, 5.74) is -0.621. The van der Waals surface area contributed by atoms with Gasteiger partial charge < -0.3 is 4.90 Å². The highest BCUT2D eigenvalue weighted by molar-refractivity contribution is 5.88. The van der Waals surface area contributed by atoms with Crippen LogP contribution in [-0.2, 0) is 4.79 Å². The third-order valence-corrected chi connectivity index (χ3v) is 3.65. The molecule has 3 nitrogen and oxygen atoms in total. The van der Waals surface area contributed by atoms with Crippen molar-refractivity contribution in [1.82, 2.24) is 4.90 Å². The summed E-state index contributed by atoms with van der Waals surface area (Å²) >= 11 is 0. The fourth-order valence-electron chi connectivity index (χ4n) is 2.10. The van der Waals surface area contributed by atoms with E-state index in [0.29, 0.717) is 11.8 Å². The van der Waals surface area contributed by atoms with Gasteiger partial charge >= 0.3 is 0 Å². The van der Waals surface area contributed by atoms with E-state index < -0.39 is 5.41 Å². The molecule has 0 N–H and O–H groups in total. The van der Waals surface area contributed by atoms with E-state index in [4.69, 9.17) is 5.26 Å². The second-order valence-electron chi connectivity index (χ2n) is 4.86. The summed E-state index contributed by atoms with van der Waals surface area (Å²) in [5.74, 6) is 1.23. The van der Waals surface area contributed by atoms with Gasteiger partial charge in [-0.05, 0) is 24.7 Å². The molecule has 1 saturated carbocycles. The predicted molar refractivity (Wildman–Crippen MR) is 52.2 cm³/mol. The van der Waals surface area contributed by atoms with Crippen LogP contribution in [0.4, 0.5) is 0 Å².